The maximum atomic E-state index is 12.1. The van der Waals surface area contributed by atoms with Gasteiger partial charge in [0.05, 0.1) is 6.61 Å². The maximum Gasteiger partial charge on any atom is 0.348 e. The van der Waals surface area contributed by atoms with E-state index in [2.05, 4.69) is 21.9 Å². The van der Waals surface area contributed by atoms with E-state index in [0.29, 0.717) is 28.9 Å². The van der Waals surface area contributed by atoms with Gasteiger partial charge in [0.15, 0.2) is 0 Å². The van der Waals surface area contributed by atoms with Gasteiger partial charge in [-0.15, -0.1) is 0 Å². The minimum atomic E-state index is -0.811. The zero-order chi connectivity index (χ0) is 23.4. The monoisotopic (exact) mass is 488 g/mol. The fraction of sp³-hybridized carbons (Fsp3) is 0.360. The van der Waals surface area contributed by atoms with Crippen LogP contribution in [0.4, 0.5) is 0 Å². The summed E-state index contributed by atoms with van der Waals surface area (Å²) in [6, 6.07) is 13.3. The molecule has 1 fully saturated rings. The molecular formula is C25H26Cl2N2O4. The number of halogens is 2. The molecule has 1 aliphatic heterocycles. The van der Waals surface area contributed by atoms with Crippen molar-refractivity contribution in [2.45, 2.75) is 19.9 Å². The first-order valence-electron chi connectivity index (χ1n) is 11.0. The summed E-state index contributed by atoms with van der Waals surface area (Å²) in [7, 11) is 0. The Morgan fingerprint density at radius 3 is 2.45 bits per heavy atom. The number of fused-ring (bicyclic) bond motifs is 1. The molecule has 33 heavy (non-hydrogen) atoms. The van der Waals surface area contributed by atoms with Crippen LogP contribution in [0.1, 0.15) is 27.9 Å². The Hall–Kier alpha value is -2.38. The van der Waals surface area contributed by atoms with Crippen LogP contribution < -0.4 is 10.4 Å². The van der Waals surface area contributed by atoms with E-state index in [0.717, 1.165) is 50.7 Å². The third-order valence-corrected chi connectivity index (χ3v) is 6.45. The predicted molar refractivity (Wildman–Crippen MR) is 131 cm³/mol. The summed E-state index contributed by atoms with van der Waals surface area (Å²) < 4.78 is 11.1. The van der Waals surface area contributed by atoms with Crippen LogP contribution in [0.15, 0.2) is 51.7 Å². The van der Waals surface area contributed by atoms with Crippen LogP contribution in [0.3, 0.4) is 0 Å². The average Bonchev–Trinajstić information content (AvgIpc) is 2.79. The molecular weight excluding hydrogens is 463 g/mol. The van der Waals surface area contributed by atoms with Crippen molar-refractivity contribution < 1.29 is 13.9 Å². The molecule has 0 amide bonds. The Labute approximate surface area is 202 Å². The van der Waals surface area contributed by atoms with E-state index in [1.165, 1.54) is 5.56 Å². The summed E-state index contributed by atoms with van der Waals surface area (Å²) in [5.74, 6) is 0.628. The van der Waals surface area contributed by atoms with Gasteiger partial charge in [0.2, 0.25) is 0 Å². The van der Waals surface area contributed by atoms with Gasteiger partial charge in [-0.1, -0.05) is 23.7 Å². The largest absolute Gasteiger partial charge is 0.493 e. The summed E-state index contributed by atoms with van der Waals surface area (Å²) in [6.07, 6.45) is 0.901. The first-order chi connectivity index (χ1) is 15.9. The van der Waals surface area contributed by atoms with Crippen LogP contribution in [0.5, 0.6) is 5.75 Å². The number of rotatable bonds is 8. The number of nitrogens with zero attached hydrogens (tertiary/aromatic N) is 2. The van der Waals surface area contributed by atoms with Gasteiger partial charge in [-0.3, -0.25) is 9.69 Å². The number of piperazine rings is 1. The average molecular weight is 489 g/mol. The molecule has 0 unspecified atom stereocenters. The second-order valence-electron chi connectivity index (χ2n) is 8.27. The summed E-state index contributed by atoms with van der Waals surface area (Å²) in [5.41, 5.74) is 1.34. The fourth-order valence-electron chi connectivity index (χ4n) is 4.15. The second kappa shape index (κ2) is 10.7. The number of carbonyl (C=O) groups excluding carboxylic acids is 1. The lowest BCUT2D eigenvalue weighted by Crippen LogP contribution is -2.46. The van der Waals surface area contributed by atoms with Crippen molar-refractivity contribution in [3.05, 3.63) is 74.6 Å². The van der Waals surface area contributed by atoms with Gasteiger partial charge in [-0.2, -0.15) is 0 Å². The molecule has 8 heteroatoms. The number of benzene rings is 2. The number of ether oxygens (including phenoxy) is 1. The van der Waals surface area contributed by atoms with Gasteiger partial charge in [-0.25, -0.2) is 4.79 Å². The summed E-state index contributed by atoms with van der Waals surface area (Å²) in [5, 5.41) is 0.628. The van der Waals surface area contributed by atoms with Crippen molar-refractivity contribution in [1.29, 1.82) is 0 Å². The van der Waals surface area contributed by atoms with Crippen LogP contribution in [-0.4, -0.2) is 54.4 Å². The van der Waals surface area contributed by atoms with Crippen molar-refractivity contribution in [1.82, 2.24) is 9.80 Å². The third kappa shape index (κ3) is 5.95. The van der Waals surface area contributed by atoms with Crippen molar-refractivity contribution >= 4 is 39.4 Å². The topological polar surface area (TPSA) is 63.0 Å². The van der Waals surface area contributed by atoms with E-state index < -0.39 is 10.9 Å². The quantitative estimate of drug-likeness (QED) is 0.259. The SMILES string of the molecule is Cc1c(C(=O)Cl)c(=O)oc2cc(OCCCN3CCN(Cc4ccc(Cl)cc4)CC3)ccc12. The van der Waals surface area contributed by atoms with Crippen LogP contribution >= 0.6 is 23.2 Å². The molecule has 1 aliphatic rings. The van der Waals surface area contributed by atoms with E-state index in [-0.39, 0.29) is 5.56 Å². The highest BCUT2D eigenvalue weighted by atomic mass is 35.5. The normalized spacial score (nSPS) is 15.1. The lowest BCUT2D eigenvalue weighted by molar-refractivity contribution is 0.107. The first kappa shape index (κ1) is 23.8. The van der Waals surface area contributed by atoms with E-state index in [1.807, 2.05) is 18.2 Å². The molecule has 174 valence electrons. The molecule has 0 N–H and O–H groups in total. The Morgan fingerprint density at radius 1 is 1.06 bits per heavy atom. The zero-order valence-corrected chi connectivity index (χ0v) is 20.0. The van der Waals surface area contributed by atoms with E-state index >= 15 is 0 Å². The van der Waals surface area contributed by atoms with Gasteiger partial charge in [-0.05, 0) is 60.3 Å². The smallest absolute Gasteiger partial charge is 0.348 e. The number of carbonyl (C=O) groups is 1. The Kier molecular flexibility index (Phi) is 7.71. The minimum Gasteiger partial charge on any atom is -0.493 e. The lowest BCUT2D eigenvalue weighted by Gasteiger charge is -2.34. The standard InChI is InChI=1S/C25H26Cl2N2O4/c1-17-21-8-7-20(15-22(21)33-25(31)23(17)24(27)30)32-14-2-9-28-10-12-29(13-11-28)16-18-3-5-19(26)6-4-18/h3-8,15H,2,9-14,16H2,1H3. The molecule has 4 rings (SSSR count). The maximum absolute atomic E-state index is 12.1. The van der Waals surface area contributed by atoms with E-state index in [1.54, 1.807) is 19.1 Å². The first-order valence-corrected chi connectivity index (χ1v) is 11.8. The molecule has 0 aliphatic carbocycles. The summed E-state index contributed by atoms with van der Waals surface area (Å²) in [6.45, 7) is 8.33. The molecule has 0 bridgehead atoms. The molecule has 0 saturated carbocycles. The van der Waals surface area contributed by atoms with Crippen LogP contribution in [0.2, 0.25) is 5.02 Å². The van der Waals surface area contributed by atoms with Crippen molar-refractivity contribution in [2.75, 3.05) is 39.3 Å². The Balaban J connectivity index is 1.23. The lowest BCUT2D eigenvalue weighted by atomic mass is 10.1. The molecule has 1 aromatic heterocycles. The summed E-state index contributed by atoms with van der Waals surface area (Å²) in [4.78, 5) is 28.5. The highest BCUT2D eigenvalue weighted by Crippen LogP contribution is 2.25. The molecule has 0 atom stereocenters. The fourth-order valence-corrected chi connectivity index (χ4v) is 4.50. The molecule has 0 spiro atoms. The van der Waals surface area contributed by atoms with Crippen molar-refractivity contribution in [2.24, 2.45) is 0 Å². The van der Waals surface area contributed by atoms with Crippen LogP contribution in [0.25, 0.3) is 11.0 Å². The van der Waals surface area contributed by atoms with E-state index in [4.69, 9.17) is 32.4 Å². The molecule has 0 radical (unpaired) electrons. The van der Waals surface area contributed by atoms with Crippen LogP contribution in [0, 0.1) is 6.92 Å². The molecule has 3 aromatic rings. The number of hydrogen-bond donors (Lipinski definition) is 0. The number of aryl methyl sites for hydroxylation is 1. The highest BCUT2D eigenvalue weighted by molar-refractivity contribution is 6.68. The number of hydrogen-bond acceptors (Lipinski definition) is 6. The van der Waals surface area contributed by atoms with Gasteiger partial charge in [0.25, 0.3) is 5.24 Å². The van der Waals surface area contributed by atoms with E-state index in [9.17, 15) is 9.59 Å². The van der Waals surface area contributed by atoms with Gasteiger partial charge in [0, 0.05) is 55.7 Å². The predicted octanol–water partition coefficient (Wildman–Crippen LogP) is 4.72. The van der Waals surface area contributed by atoms with Crippen molar-refractivity contribution in [3.8, 4) is 5.75 Å². The van der Waals surface area contributed by atoms with Gasteiger partial charge >= 0.3 is 5.63 Å². The van der Waals surface area contributed by atoms with Gasteiger partial charge in [0.1, 0.15) is 16.9 Å². The minimum absolute atomic E-state index is 0.119. The van der Waals surface area contributed by atoms with Crippen LogP contribution in [-0.2, 0) is 6.54 Å². The molecule has 2 heterocycles. The Morgan fingerprint density at radius 2 is 1.76 bits per heavy atom. The van der Waals surface area contributed by atoms with Crippen molar-refractivity contribution in [3.63, 3.8) is 0 Å². The molecule has 6 nitrogen and oxygen atoms in total. The zero-order valence-electron chi connectivity index (χ0n) is 18.5. The molecule has 1 saturated heterocycles. The third-order valence-electron chi connectivity index (χ3n) is 6.01. The summed E-state index contributed by atoms with van der Waals surface area (Å²) >= 11 is 11.5. The van der Waals surface area contributed by atoms with Gasteiger partial charge < -0.3 is 14.1 Å². The Bertz CT molecular complexity index is 1190. The molecule has 2 aromatic carbocycles. The second-order valence-corrected chi connectivity index (χ2v) is 9.05. The highest BCUT2D eigenvalue weighted by Gasteiger charge is 2.18.